The SMILES string of the molecule is O=c1[nH]c(=S)[nH]c2c1CN(Cc1ccncc1F)CC2. The summed E-state index contributed by atoms with van der Waals surface area (Å²) in [6, 6.07) is 1.66. The molecule has 0 unspecified atom stereocenters. The van der Waals surface area contributed by atoms with Crippen LogP contribution in [0.5, 0.6) is 0 Å². The molecule has 104 valence electrons. The Morgan fingerprint density at radius 1 is 1.45 bits per heavy atom. The van der Waals surface area contributed by atoms with Crippen molar-refractivity contribution in [3.8, 4) is 0 Å². The van der Waals surface area contributed by atoms with Crippen molar-refractivity contribution in [3.05, 3.63) is 56.2 Å². The van der Waals surface area contributed by atoms with Crippen molar-refractivity contribution in [3.63, 3.8) is 0 Å². The maximum atomic E-state index is 13.6. The number of hydrogen-bond donors (Lipinski definition) is 2. The van der Waals surface area contributed by atoms with Gasteiger partial charge in [-0.25, -0.2) is 4.39 Å². The molecule has 0 saturated carbocycles. The van der Waals surface area contributed by atoms with Gasteiger partial charge in [-0.2, -0.15) is 0 Å². The van der Waals surface area contributed by atoms with Crippen LogP contribution in [0, 0.1) is 10.6 Å². The number of rotatable bonds is 2. The summed E-state index contributed by atoms with van der Waals surface area (Å²) in [6.07, 6.45) is 3.48. The molecule has 0 amide bonds. The first-order chi connectivity index (χ1) is 9.63. The van der Waals surface area contributed by atoms with E-state index in [1.54, 1.807) is 12.3 Å². The highest BCUT2D eigenvalue weighted by Gasteiger charge is 2.20. The molecule has 3 heterocycles. The van der Waals surface area contributed by atoms with E-state index in [1.165, 1.54) is 6.20 Å². The topological polar surface area (TPSA) is 64.8 Å². The monoisotopic (exact) mass is 292 g/mol. The van der Waals surface area contributed by atoms with Gasteiger partial charge in [0.2, 0.25) is 0 Å². The molecule has 7 heteroatoms. The number of aromatic nitrogens is 3. The lowest BCUT2D eigenvalue weighted by Crippen LogP contribution is -2.35. The lowest BCUT2D eigenvalue weighted by Gasteiger charge is -2.27. The van der Waals surface area contributed by atoms with Gasteiger partial charge in [0.25, 0.3) is 5.56 Å². The van der Waals surface area contributed by atoms with Gasteiger partial charge in [-0.3, -0.25) is 19.7 Å². The van der Waals surface area contributed by atoms with Crippen LogP contribution >= 0.6 is 12.2 Å². The van der Waals surface area contributed by atoms with Gasteiger partial charge >= 0.3 is 0 Å². The number of pyridine rings is 1. The molecule has 0 bridgehead atoms. The van der Waals surface area contributed by atoms with E-state index in [0.29, 0.717) is 35.4 Å². The first-order valence-corrected chi connectivity index (χ1v) is 6.69. The van der Waals surface area contributed by atoms with Crippen molar-refractivity contribution < 1.29 is 4.39 Å². The molecule has 0 spiro atoms. The summed E-state index contributed by atoms with van der Waals surface area (Å²) >= 11 is 4.96. The zero-order valence-corrected chi connectivity index (χ0v) is 11.5. The quantitative estimate of drug-likeness (QED) is 0.824. The molecule has 2 N–H and O–H groups in total. The molecule has 0 fully saturated rings. The van der Waals surface area contributed by atoms with Crippen LogP contribution in [0.1, 0.15) is 16.8 Å². The summed E-state index contributed by atoms with van der Waals surface area (Å²) in [6.45, 7) is 1.70. The lowest BCUT2D eigenvalue weighted by atomic mass is 10.1. The largest absolute Gasteiger partial charge is 0.335 e. The summed E-state index contributed by atoms with van der Waals surface area (Å²) in [5.74, 6) is -0.320. The summed E-state index contributed by atoms with van der Waals surface area (Å²) < 4.78 is 13.9. The summed E-state index contributed by atoms with van der Waals surface area (Å²) in [7, 11) is 0. The van der Waals surface area contributed by atoms with Crippen molar-refractivity contribution >= 4 is 12.2 Å². The van der Waals surface area contributed by atoms with Crippen molar-refractivity contribution in [2.45, 2.75) is 19.5 Å². The molecule has 2 aromatic heterocycles. The van der Waals surface area contributed by atoms with Crippen LogP contribution in [0.4, 0.5) is 4.39 Å². The second-order valence-corrected chi connectivity index (χ2v) is 5.20. The Kier molecular flexibility index (Phi) is 3.45. The number of fused-ring (bicyclic) bond motifs is 1. The molecule has 0 saturated heterocycles. The Morgan fingerprint density at radius 2 is 2.30 bits per heavy atom. The Labute approximate surface area is 119 Å². The molecule has 0 radical (unpaired) electrons. The average molecular weight is 292 g/mol. The third kappa shape index (κ3) is 2.54. The molecule has 1 aliphatic rings. The molecule has 3 rings (SSSR count). The van der Waals surface area contributed by atoms with E-state index in [1.807, 2.05) is 4.90 Å². The molecule has 0 aromatic carbocycles. The van der Waals surface area contributed by atoms with Gasteiger partial charge in [0.05, 0.1) is 11.8 Å². The minimum atomic E-state index is -0.320. The van der Waals surface area contributed by atoms with Crippen molar-refractivity contribution in [1.29, 1.82) is 0 Å². The number of H-pyrrole nitrogens is 2. The maximum Gasteiger partial charge on any atom is 0.256 e. The van der Waals surface area contributed by atoms with E-state index in [0.717, 1.165) is 12.2 Å². The molecule has 2 aromatic rings. The smallest absolute Gasteiger partial charge is 0.256 e. The second-order valence-electron chi connectivity index (χ2n) is 4.79. The van der Waals surface area contributed by atoms with Crippen LogP contribution in [0.3, 0.4) is 0 Å². The maximum absolute atomic E-state index is 13.6. The molecule has 20 heavy (non-hydrogen) atoms. The number of halogens is 1. The number of hydrogen-bond acceptors (Lipinski definition) is 4. The van der Waals surface area contributed by atoms with E-state index < -0.39 is 0 Å². The van der Waals surface area contributed by atoms with Crippen molar-refractivity contribution in [2.24, 2.45) is 0 Å². The Hall–Kier alpha value is -1.86. The molecule has 0 atom stereocenters. The standard InChI is InChI=1S/C13H13FN4OS/c14-10-5-15-3-1-8(10)6-18-4-2-11-9(7-18)12(19)17-13(20)16-11/h1,3,5H,2,4,6-7H2,(H2,16,17,19,20). The zero-order chi connectivity index (χ0) is 14.1. The second kappa shape index (κ2) is 5.26. The molecule has 0 aliphatic carbocycles. The highest BCUT2D eigenvalue weighted by molar-refractivity contribution is 7.71. The fourth-order valence-corrected chi connectivity index (χ4v) is 2.64. The van der Waals surface area contributed by atoms with E-state index in [4.69, 9.17) is 12.2 Å². The normalized spacial score (nSPS) is 15.1. The number of aromatic amines is 2. The first-order valence-electron chi connectivity index (χ1n) is 6.28. The van der Waals surface area contributed by atoms with E-state index in [9.17, 15) is 9.18 Å². The Morgan fingerprint density at radius 3 is 3.10 bits per heavy atom. The molecular formula is C13H13FN4OS. The minimum absolute atomic E-state index is 0.163. The predicted molar refractivity (Wildman–Crippen MR) is 74.3 cm³/mol. The van der Waals surface area contributed by atoms with Crippen molar-refractivity contribution in [2.75, 3.05) is 6.54 Å². The Bertz CT molecular complexity index is 755. The van der Waals surface area contributed by atoms with Gasteiger partial charge in [0.15, 0.2) is 4.77 Å². The van der Waals surface area contributed by atoms with E-state index >= 15 is 0 Å². The summed E-state index contributed by atoms with van der Waals surface area (Å²) in [5.41, 5.74) is 1.98. The van der Waals surface area contributed by atoms with Crippen LogP contribution in [-0.2, 0) is 19.5 Å². The lowest BCUT2D eigenvalue weighted by molar-refractivity contribution is 0.238. The van der Waals surface area contributed by atoms with Crippen LogP contribution in [-0.4, -0.2) is 26.4 Å². The number of nitrogens with one attached hydrogen (secondary N) is 2. The van der Waals surface area contributed by atoms with Gasteiger partial charge < -0.3 is 4.98 Å². The molecule has 5 nitrogen and oxygen atoms in total. The highest BCUT2D eigenvalue weighted by atomic mass is 32.1. The first kappa shape index (κ1) is 13.1. The van der Waals surface area contributed by atoms with Gasteiger partial charge in [0, 0.05) is 43.5 Å². The van der Waals surface area contributed by atoms with Gasteiger partial charge in [-0.1, -0.05) is 0 Å². The van der Waals surface area contributed by atoms with Crippen LogP contribution in [0.25, 0.3) is 0 Å². The van der Waals surface area contributed by atoms with Gasteiger partial charge in [-0.15, -0.1) is 0 Å². The fourth-order valence-electron chi connectivity index (χ4n) is 2.42. The fraction of sp³-hybridized carbons (Fsp3) is 0.308. The average Bonchev–Trinajstić information content (AvgIpc) is 2.42. The van der Waals surface area contributed by atoms with Crippen LogP contribution < -0.4 is 5.56 Å². The highest BCUT2D eigenvalue weighted by Crippen LogP contribution is 2.16. The summed E-state index contributed by atoms with van der Waals surface area (Å²) in [4.78, 5) is 23.3. The Balaban J connectivity index is 1.84. The third-order valence-corrected chi connectivity index (χ3v) is 3.64. The predicted octanol–water partition coefficient (Wildman–Crippen LogP) is 1.52. The van der Waals surface area contributed by atoms with E-state index in [2.05, 4.69) is 15.0 Å². The molecule has 1 aliphatic heterocycles. The van der Waals surface area contributed by atoms with E-state index in [-0.39, 0.29) is 11.4 Å². The van der Waals surface area contributed by atoms with Crippen molar-refractivity contribution in [1.82, 2.24) is 19.9 Å². The third-order valence-electron chi connectivity index (χ3n) is 3.44. The molecular weight excluding hydrogens is 279 g/mol. The van der Waals surface area contributed by atoms with Crippen LogP contribution in [0.15, 0.2) is 23.3 Å². The summed E-state index contributed by atoms with van der Waals surface area (Å²) in [5, 5.41) is 0. The minimum Gasteiger partial charge on any atom is -0.335 e. The zero-order valence-electron chi connectivity index (χ0n) is 10.6. The number of nitrogens with zero attached hydrogens (tertiary/aromatic N) is 2. The van der Waals surface area contributed by atoms with Crippen LogP contribution in [0.2, 0.25) is 0 Å². The van der Waals surface area contributed by atoms with Gasteiger partial charge in [-0.05, 0) is 18.3 Å². The van der Waals surface area contributed by atoms with Gasteiger partial charge in [0.1, 0.15) is 5.82 Å².